The van der Waals surface area contributed by atoms with Gasteiger partial charge in [-0.15, -0.1) is 11.3 Å². The minimum atomic E-state index is -2.92. The van der Waals surface area contributed by atoms with Crippen molar-refractivity contribution in [2.24, 2.45) is 17.1 Å². The van der Waals surface area contributed by atoms with Gasteiger partial charge in [0, 0.05) is 6.42 Å². The molecule has 0 radical (unpaired) electrons. The van der Waals surface area contributed by atoms with Crippen molar-refractivity contribution in [3.05, 3.63) is 41.8 Å². The fourth-order valence-electron chi connectivity index (χ4n) is 5.06. The van der Waals surface area contributed by atoms with Gasteiger partial charge < -0.3 is 25.8 Å². The highest BCUT2D eigenvalue weighted by atomic mass is 32.1. The van der Waals surface area contributed by atoms with Crippen LogP contribution >= 0.6 is 11.3 Å². The number of benzene rings is 1. The molecule has 10 nitrogen and oxygen atoms in total. The van der Waals surface area contributed by atoms with Gasteiger partial charge in [-0.1, -0.05) is 39.0 Å². The molecule has 1 aliphatic heterocycles. The van der Waals surface area contributed by atoms with Crippen molar-refractivity contribution < 1.29 is 33.0 Å². The first kappa shape index (κ1) is 28.8. The summed E-state index contributed by atoms with van der Waals surface area (Å²) in [7, 11) is 0. The first-order valence-electron chi connectivity index (χ1n) is 13.2. The number of aliphatic carboxylic acids is 1. The normalized spacial score (nSPS) is 24.9. The second kappa shape index (κ2) is 10.6. The molecule has 1 saturated carbocycles. The van der Waals surface area contributed by atoms with Gasteiger partial charge in [0.25, 0.3) is 0 Å². The molecule has 13 heteroatoms. The molecule has 0 bridgehead atoms. The van der Waals surface area contributed by atoms with Crippen LogP contribution in [0.3, 0.4) is 0 Å². The number of ether oxygens (including phenoxy) is 1. The van der Waals surface area contributed by atoms with Gasteiger partial charge in [0.05, 0.1) is 34.4 Å². The number of carboxylic acid groups (broad SMARTS) is 1. The molecule has 4 N–H and O–H groups in total. The van der Waals surface area contributed by atoms with E-state index in [2.05, 4.69) is 10.3 Å². The summed E-state index contributed by atoms with van der Waals surface area (Å²) in [5, 5.41) is 13.9. The minimum absolute atomic E-state index is 0.0259. The van der Waals surface area contributed by atoms with E-state index in [4.69, 9.17) is 15.5 Å². The molecule has 0 spiro atoms. The summed E-state index contributed by atoms with van der Waals surface area (Å²) in [4.78, 5) is 50.3. The fourth-order valence-corrected chi connectivity index (χ4v) is 5.77. The van der Waals surface area contributed by atoms with E-state index in [0.29, 0.717) is 16.7 Å². The third-order valence-corrected chi connectivity index (χ3v) is 8.54. The molecule has 1 saturated heterocycles. The molecule has 1 aliphatic carbocycles. The highest BCUT2D eigenvalue weighted by molar-refractivity contribution is 7.13. The van der Waals surface area contributed by atoms with Crippen LogP contribution < -0.4 is 15.8 Å². The molecule has 1 unspecified atom stereocenters. The van der Waals surface area contributed by atoms with Crippen molar-refractivity contribution in [2.45, 2.75) is 63.8 Å². The second-order valence-electron chi connectivity index (χ2n) is 11.6. The lowest BCUT2D eigenvalue weighted by Gasteiger charge is -2.32. The maximum Gasteiger partial charge on any atom is 0.329 e. The SMILES string of the molecule is CC(C)(C)[C@H](N)C(=O)N1C[C@H](Oc2nc3ccccc3nc2-c2cccs2)CC1C(=O)N[C@]1(C(=O)O)C[C@H]1C(F)F. The van der Waals surface area contributed by atoms with Crippen LogP contribution in [0.2, 0.25) is 0 Å². The van der Waals surface area contributed by atoms with Crippen molar-refractivity contribution in [3.63, 3.8) is 0 Å². The Hall–Kier alpha value is -3.71. The van der Waals surface area contributed by atoms with Crippen LogP contribution in [0.4, 0.5) is 8.78 Å². The third kappa shape index (κ3) is 5.47. The number of alkyl halides is 2. The number of aromatic nitrogens is 2. The third-order valence-electron chi connectivity index (χ3n) is 7.67. The second-order valence-corrected chi connectivity index (χ2v) is 12.5. The summed E-state index contributed by atoms with van der Waals surface area (Å²) in [6.07, 6.45) is -4.07. The number of likely N-dealkylation sites (tertiary alicyclic amines) is 1. The van der Waals surface area contributed by atoms with Crippen LogP contribution in [0.5, 0.6) is 5.88 Å². The van der Waals surface area contributed by atoms with Crippen LogP contribution in [0.15, 0.2) is 41.8 Å². The largest absolute Gasteiger partial charge is 0.479 e. The Morgan fingerprint density at radius 1 is 1.17 bits per heavy atom. The standard InChI is InChI=1S/C28H31F2N5O5S/c1-27(2,3)21(31)25(37)35-13-14(11-18(35)23(36)34-28(26(38)39)12-15(28)22(29)30)40-24-20(19-9-6-10-41-19)32-16-7-4-5-8-17(16)33-24/h4-10,14-15,18,21-22H,11-13,31H2,1-3H3,(H,34,36)(H,38,39)/t14-,15+,18?,21-,28-/m1/s1. The molecular weight excluding hydrogens is 556 g/mol. The lowest BCUT2D eigenvalue weighted by atomic mass is 9.86. The summed E-state index contributed by atoms with van der Waals surface area (Å²) in [5.74, 6) is -4.22. The Labute approximate surface area is 238 Å². The average molecular weight is 588 g/mol. The number of carbonyl (C=O) groups is 3. The van der Waals surface area contributed by atoms with Gasteiger partial charge in [-0.3, -0.25) is 9.59 Å². The molecule has 5 atom stereocenters. The van der Waals surface area contributed by atoms with Gasteiger partial charge >= 0.3 is 5.97 Å². The highest BCUT2D eigenvalue weighted by Gasteiger charge is 2.66. The molecule has 2 aliphatic rings. The molecular formula is C28H31F2N5O5S. The quantitative estimate of drug-likeness (QED) is 0.364. The van der Waals surface area contributed by atoms with Gasteiger partial charge in [0.15, 0.2) is 0 Å². The van der Waals surface area contributed by atoms with Gasteiger partial charge in [0.2, 0.25) is 24.1 Å². The predicted molar refractivity (Wildman–Crippen MR) is 147 cm³/mol. The zero-order valence-corrected chi connectivity index (χ0v) is 23.5. The average Bonchev–Trinajstić information content (AvgIpc) is 3.23. The maximum absolute atomic E-state index is 13.5. The van der Waals surface area contributed by atoms with E-state index < -0.39 is 65.7 Å². The van der Waals surface area contributed by atoms with E-state index in [1.165, 1.54) is 16.2 Å². The van der Waals surface area contributed by atoms with E-state index in [9.17, 15) is 28.3 Å². The first-order chi connectivity index (χ1) is 19.3. The number of nitrogens with two attached hydrogens (primary N) is 1. The molecule has 3 aromatic rings. The van der Waals surface area contributed by atoms with Gasteiger partial charge in [-0.05, 0) is 35.4 Å². The fraction of sp³-hybridized carbons (Fsp3) is 0.464. The number of carboxylic acids is 1. The van der Waals surface area contributed by atoms with Gasteiger partial charge in [0.1, 0.15) is 23.4 Å². The van der Waals surface area contributed by atoms with Crippen LogP contribution in [0, 0.1) is 11.3 Å². The van der Waals surface area contributed by atoms with Gasteiger partial charge in [-0.2, -0.15) is 0 Å². The number of hydrogen-bond acceptors (Lipinski definition) is 8. The Balaban J connectivity index is 1.45. The molecule has 218 valence electrons. The van der Waals surface area contributed by atoms with Crippen LogP contribution in [0.25, 0.3) is 21.6 Å². The van der Waals surface area contributed by atoms with Crippen LogP contribution in [-0.4, -0.2) is 74.5 Å². The molecule has 5 rings (SSSR count). The maximum atomic E-state index is 13.5. The molecule has 1 aromatic carbocycles. The van der Waals surface area contributed by atoms with E-state index >= 15 is 0 Å². The summed E-state index contributed by atoms with van der Waals surface area (Å²) < 4.78 is 33.1. The number of carbonyl (C=O) groups excluding carboxylic acids is 2. The lowest BCUT2D eigenvalue weighted by molar-refractivity contribution is -0.146. The van der Waals surface area contributed by atoms with E-state index in [0.717, 1.165) is 4.88 Å². The zero-order chi connectivity index (χ0) is 29.7. The van der Waals surface area contributed by atoms with Crippen molar-refractivity contribution in [1.82, 2.24) is 20.2 Å². The number of fused-ring (bicyclic) bond motifs is 1. The summed E-state index contributed by atoms with van der Waals surface area (Å²) in [6, 6.07) is 8.86. The zero-order valence-electron chi connectivity index (χ0n) is 22.7. The van der Waals surface area contributed by atoms with Crippen molar-refractivity contribution in [2.75, 3.05) is 6.54 Å². The smallest absolute Gasteiger partial charge is 0.329 e. The van der Waals surface area contributed by atoms with Crippen LogP contribution in [0.1, 0.15) is 33.6 Å². The summed E-state index contributed by atoms with van der Waals surface area (Å²) in [6.45, 7) is 5.30. The van der Waals surface area contributed by atoms with E-state index in [1.54, 1.807) is 26.8 Å². The number of hydrogen-bond donors (Lipinski definition) is 3. The Kier molecular flexibility index (Phi) is 7.45. The van der Waals surface area contributed by atoms with Crippen molar-refractivity contribution in [3.8, 4) is 16.5 Å². The Morgan fingerprint density at radius 3 is 2.41 bits per heavy atom. The molecule has 2 amide bonds. The summed E-state index contributed by atoms with van der Waals surface area (Å²) in [5.41, 5.74) is 5.28. The number of halogens is 2. The van der Waals surface area contributed by atoms with Crippen LogP contribution in [-0.2, 0) is 14.4 Å². The van der Waals surface area contributed by atoms with E-state index in [1.807, 2.05) is 35.7 Å². The van der Waals surface area contributed by atoms with Gasteiger partial charge in [-0.25, -0.2) is 23.5 Å². The number of para-hydroxylation sites is 2. The minimum Gasteiger partial charge on any atom is -0.479 e. The summed E-state index contributed by atoms with van der Waals surface area (Å²) >= 11 is 1.45. The molecule has 41 heavy (non-hydrogen) atoms. The van der Waals surface area contributed by atoms with Crippen molar-refractivity contribution in [1.29, 1.82) is 0 Å². The number of nitrogens with zero attached hydrogens (tertiary/aromatic N) is 3. The lowest BCUT2D eigenvalue weighted by Crippen LogP contribution is -2.57. The Bertz CT molecular complexity index is 1480. The van der Waals surface area contributed by atoms with E-state index in [-0.39, 0.29) is 18.8 Å². The Morgan fingerprint density at radius 2 is 1.85 bits per heavy atom. The molecule has 2 aromatic heterocycles. The first-order valence-corrected chi connectivity index (χ1v) is 14.1. The number of nitrogens with one attached hydrogen (secondary N) is 1. The molecule has 2 fully saturated rings. The van der Waals surface area contributed by atoms with Crippen molar-refractivity contribution >= 4 is 40.2 Å². The number of thiophene rings is 1. The monoisotopic (exact) mass is 587 g/mol. The predicted octanol–water partition coefficient (Wildman–Crippen LogP) is 3.30. The number of rotatable bonds is 8. The number of amides is 2. The topological polar surface area (TPSA) is 148 Å². The molecule has 3 heterocycles. The highest BCUT2D eigenvalue weighted by Crippen LogP contribution is 2.48.